The fraction of sp³-hybridized carbons (Fsp3) is 0.538. The van der Waals surface area contributed by atoms with Crippen LogP contribution in [0.3, 0.4) is 0 Å². The summed E-state index contributed by atoms with van der Waals surface area (Å²) in [5.41, 5.74) is 0.436. The normalized spacial score (nSPS) is 28.3. The van der Waals surface area contributed by atoms with E-state index in [1.165, 1.54) is 0 Å². The second-order valence-corrected chi connectivity index (χ2v) is 4.47. The number of rotatable bonds is 2. The van der Waals surface area contributed by atoms with Crippen LogP contribution in [0.15, 0.2) is 24.3 Å². The van der Waals surface area contributed by atoms with Gasteiger partial charge in [0, 0.05) is 0 Å². The van der Waals surface area contributed by atoms with Crippen molar-refractivity contribution in [1.29, 1.82) is 0 Å². The van der Waals surface area contributed by atoms with Gasteiger partial charge >= 0.3 is 0 Å². The fourth-order valence-corrected chi connectivity index (χ4v) is 2.25. The van der Waals surface area contributed by atoms with Crippen molar-refractivity contribution >= 4 is 12.4 Å². The molecular formula is C13H19ClFNO. The van der Waals surface area contributed by atoms with Crippen molar-refractivity contribution in [3.63, 3.8) is 0 Å². The van der Waals surface area contributed by atoms with Crippen LogP contribution in [0.4, 0.5) is 4.39 Å². The highest BCUT2D eigenvalue weighted by Crippen LogP contribution is 2.33. The van der Waals surface area contributed by atoms with Gasteiger partial charge in [-0.1, -0.05) is 12.1 Å². The van der Waals surface area contributed by atoms with Crippen molar-refractivity contribution in [3.8, 4) is 5.75 Å². The number of halogens is 2. The third-order valence-corrected chi connectivity index (χ3v) is 3.44. The molecule has 0 aliphatic carbocycles. The summed E-state index contributed by atoms with van der Waals surface area (Å²) in [5.74, 6) is 0.804. The molecule has 1 fully saturated rings. The van der Waals surface area contributed by atoms with E-state index in [4.69, 9.17) is 4.74 Å². The van der Waals surface area contributed by atoms with Crippen molar-refractivity contribution in [2.45, 2.75) is 31.5 Å². The first-order chi connectivity index (χ1) is 7.66. The third-order valence-electron chi connectivity index (χ3n) is 3.44. The summed E-state index contributed by atoms with van der Waals surface area (Å²) in [4.78, 5) is 0. The Morgan fingerprint density at radius 2 is 2.00 bits per heavy atom. The number of benzene rings is 1. The molecule has 1 aliphatic heterocycles. The van der Waals surface area contributed by atoms with Gasteiger partial charge in [-0.3, -0.25) is 0 Å². The Labute approximate surface area is 108 Å². The largest absolute Gasteiger partial charge is 0.497 e. The lowest BCUT2D eigenvalue weighted by molar-refractivity contribution is 0.121. The summed E-state index contributed by atoms with van der Waals surface area (Å²) in [6.07, 6.45) is 0.720. The second-order valence-electron chi connectivity index (χ2n) is 4.47. The quantitative estimate of drug-likeness (QED) is 0.882. The Balaban J connectivity index is 0.00000144. The van der Waals surface area contributed by atoms with Crippen LogP contribution in [0.25, 0.3) is 0 Å². The number of ether oxygens (including phenoxy) is 1. The number of hydrogen-bond acceptors (Lipinski definition) is 2. The van der Waals surface area contributed by atoms with Crippen LogP contribution in [0.5, 0.6) is 5.75 Å². The van der Waals surface area contributed by atoms with Crippen LogP contribution in [0.2, 0.25) is 0 Å². The molecule has 0 amide bonds. The lowest BCUT2D eigenvalue weighted by Gasteiger charge is -2.38. The Morgan fingerprint density at radius 1 is 1.35 bits per heavy atom. The highest BCUT2D eigenvalue weighted by molar-refractivity contribution is 5.85. The molecule has 0 radical (unpaired) electrons. The smallest absolute Gasteiger partial charge is 0.122 e. The molecule has 2 rings (SSSR count). The zero-order valence-electron chi connectivity index (χ0n) is 10.2. The van der Waals surface area contributed by atoms with Crippen molar-refractivity contribution < 1.29 is 9.13 Å². The zero-order chi connectivity index (χ0) is 11.6. The number of piperidine rings is 1. The summed E-state index contributed by atoms with van der Waals surface area (Å²) < 4.78 is 19.1. The maximum absolute atomic E-state index is 14.0. The van der Waals surface area contributed by atoms with E-state index in [1.54, 1.807) is 7.11 Å². The average molecular weight is 260 g/mol. The molecule has 0 bridgehead atoms. The van der Waals surface area contributed by atoms with Crippen LogP contribution in [-0.2, 0) is 5.54 Å². The molecule has 2 atom stereocenters. The molecule has 1 heterocycles. The van der Waals surface area contributed by atoms with E-state index >= 15 is 0 Å². The number of alkyl halides is 1. The van der Waals surface area contributed by atoms with Crippen LogP contribution in [0, 0.1) is 0 Å². The van der Waals surface area contributed by atoms with Crippen LogP contribution < -0.4 is 10.1 Å². The first-order valence-corrected chi connectivity index (χ1v) is 5.70. The van der Waals surface area contributed by atoms with Gasteiger partial charge in [0.2, 0.25) is 0 Å². The second kappa shape index (κ2) is 5.69. The molecule has 1 aromatic carbocycles. The molecule has 96 valence electrons. The number of methoxy groups -OCH3 is 1. The monoisotopic (exact) mass is 259 g/mol. The van der Waals surface area contributed by atoms with Crippen LogP contribution >= 0.6 is 12.4 Å². The third kappa shape index (κ3) is 2.72. The molecule has 1 N–H and O–H groups in total. The van der Waals surface area contributed by atoms with E-state index in [-0.39, 0.29) is 12.4 Å². The fourth-order valence-electron chi connectivity index (χ4n) is 2.25. The molecule has 0 aromatic heterocycles. The minimum Gasteiger partial charge on any atom is -0.497 e. The van der Waals surface area contributed by atoms with Crippen LogP contribution in [-0.4, -0.2) is 19.8 Å². The Bertz CT molecular complexity index is 357. The van der Waals surface area contributed by atoms with Gasteiger partial charge in [0.15, 0.2) is 0 Å². The van der Waals surface area contributed by atoms with Gasteiger partial charge in [-0.05, 0) is 44.0 Å². The van der Waals surface area contributed by atoms with E-state index in [2.05, 4.69) is 5.32 Å². The molecule has 0 saturated carbocycles. The highest BCUT2D eigenvalue weighted by Gasteiger charge is 2.37. The van der Waals surface area contributed by atoms with Crippen LogP contribution in [0.1, 0.15) is 25.3 Å². The number of nitrogens with one attached hydrogen (secondary N) is 1. The lowest BCUT2D eigenvalue weighted by atomic mass is 9.82. The van der Waals surface area contributed by atoms with Gasteiger partial charge in [-0.2, -0.15) is 0 Å². The minimum atomic E-state index is -0.824. The van der Waals surface area contributed by atoms with E-state index < -0.39 is 11.7 Å². The summed E-state index contributed by atoms with van der Waals surface area (Å²) in [6.45, 7) is 2.81. The molecule has 4 heteroatoms. The Morgan fingerprint density at radius 3 is 2.53 bits per heavy atom. The van der Waals surface area contributed by atoms with Gasteiger partial charge in [0.1, 0.15) is 11.9 Å². The summed E-state index contributed by atoms with van der Waals surface area (Å²) in [5, 5.41) is 3.28. The van der Waals surface area contributed by atoms with Crippen molar-refractivity contribution in [2.24, 2.45) is 0 Å². The first kappa shape index (κ1) is 14.3. The molecule has 1 saturated heterocycles. The molecule has 2 nitrogen and oxygen atoms in total. The molecule has 2 unspecified atom stereocenters. The average Bonchev–Trinajstić information content (AvgIpc) is 2.33. The maximum Gasteiger partial charge on any atom is 0.122 e. The predicted molar refractivity (Wildman–Crippen MR) is 69.7 cm³/mol. The molecule has 1 aliphatic rings. The van der Waals surface area contributed by atoms with Gasteiger partial charge in [-0.15, -0.1) is 12.4 Å². The Hall–Kier alpha value is -0.800. The Kier molecular flexibility index (Phi) is 4.78. The molecular weight excluding hydrogens is 241 g/mol. The first-order valence-electron chi connectivity index (χ1n) is 5.70. The van der Waals surface area contributed by atoms with Gasteiger partial charge < -0.3 is 10.1 Å². The zero-order valence-corrected chi connectivity index (χ0v) is 11.0. The molecule has 17 heavy (non-hydrogen) atoms. The summed E-state index contributed by atoms with van der Waals surface area (Å²) >= 11 is 0. The van der Waals surface area contributed by atoms with Crippen molar-refractivity contribution in [2.75, 3.05) is 13.7 Å². The van der Waals surface area contributed by atoms with Crippen molar-refractivity contribution in [1.82, 2.24) is 5.32 Å². The highest BCUT2D eigenvalue weighted by atomic mass is 35.5. The SMILES string of the molecule is COc1ccc(C2(C)NCCCC2F)cc1.Cl. The van der Waals surface area contributed by atoms with E-state index in [0.717, 1.165) is 24.3 Å². The van der Waals surface area contributed by atoms with Gasteiger partial charge in [-0.25, -0.2) is 4.39 Å². The lowest BCUT2D eigenvalue weighted by Crippen LogP contribution is -2.51. The predicted octanol–water partition coefficient (Wildman–Crippen LogP) is 3.05. The minimum absolute atomic E-state index is 0. The van der Waals surface area contributed by atoms with E-state index in [0.29, 0.717) is 6.42 Å². The maximum atomic E-state index is 14.0. The van der Waals surface area contributed by atoms with Gasteiger partial charge in [0.25, 0.3) is 0 Å². The molecule has 0 spiro atoms. The van der Waals surface area contributed by atoms with Crippen molar-refractivity contribution in [3.05, 3.63) is 29.8 Å². The topological polar surface area (TPSA) is 21.3 Å². The standard InChI is InChI=1S/C13H18FNO.ClH/c1-13(12(14)4-3-9-15-13)10-5-7-11(16-2)8-6-10;/h5-8,12,15H,3-4,9H2,1-2H3;1H. The molecule has 1 aromatic rings. The van der Waals surface area contributed by atoms with E-state index in [9.17, 15) is 4.39 Å². The summed E-state index contributed by atoms with van der Waals surface area (Å²) in [6, 6.07) is 7.63. The number of hydrogen-bond donors (Lipinski definition) is 1. The van der Waals surface area contributed by atoms with E-state index in [1.807, 2.05) is 31.2 Å². The summed E-state index contributed by atoms with van der Waals surface area (Å²) in [7, 11) is 1.63. The van der Waals surface area contributed by atoms with Gasteiger partial charge in [0.05, 0.1) is 12.6 Å².